The number of halogens is 1. The minimum atomic E-state index is 0.0708. The van der Waals surface area contributed by atoms with Gasteiger partial charge in [-0.1, -0.05) is 11.6 Å². The Bertz CT molecular complexity index is 988. The van der Waals surface area contributed by atoms with E-state index in [-0.39, 0.29) is 16.9 Å². The molecular weight excluding hydrogens is 388 g/mol. The first-order valence-corrected chi connectivity index (χ1v) is 8.28. The van der Waals surface area contributed by atoms with Crippen LogP contribution in [0.1, 0.15) is 12.6 Å². The molecule has 0 aromatic carbocycles. The van der Waals surface area contributed by atoms with E-state index in [1.54, 1.807) is 17.1 Å². The second-order valence-corrected chi connectivity index (χ2v) is 5.80. The minimum absolute atomic E-state index is 0.0708. The van der Waals surface area contributed by atoms with E-state index >= 15 is 0 Å². The molecule has 3 aromatic rings. The third kappa shape index (κ3) is 4.49. The monoisotopic (exact) mass is 408 g/mol. The highest BCUT2D eigenvalue weighted by atomic mass is 35.5. The van der Waals surface area contributed by atoms with Gasteiger partial charge < -0.3 is 30.2 Å². The van der Waals surface area contributed by atoms with Gasteiger partial charge in [-0.25, -0.2) is 4.98 Å². The Balaban J connectivity index is 0.000000640. The number of nitrogen functional groups attached to an aromatic ring is 1. The average molecular weight is 409 g/mol. The smallest absolute Gasteiger partial charge is 0.223 e. The molecule has 3 rings (SSSR count). The molecule has 0 atom stereocenters. The summed E-state index contributed by atoms with van der Waals surface area (Å²) in [5.74, 6) is 1.64. The second-order valence-electron chi connectivity index (χ2n) is 5.44. The first-order valence-electron chi connectivity index (χ1n) is 7.90. The Morgan fingerprint density at radius 1 is 1.14 bits per heavy atom. The van der Waals surface area contributed by atoms with Crippen molar-refractivity contribution in [2.45, 2.75) is 13.5 Å². The highest BCUT2D eigenvalue weighted by Gasteiger charge is 2.19. The first-order chi connectivity index (χ1) is 13.3. The number of hydrogen-bond donors (Lipinski definition) is 3. The van der Waals surface area contributed by atoms with E-state index in [9.17, 15) is 0 Å². The number of aromatic nitrogens is 5. The lowest BCUT2D eigenvalue weighted by Crippen LogP contribution is -2.07. The number of imidazole rings is 1. The van der Waals surface area contributed by atoms with E-state index in [0.29, 0.717) is 40.7 Å². The summed E-state index contributed by atoms with van der Waals surface area (Å²) in [7, 11) is 4.60. The number of amidine groups is 1. The van der Waals surface area contributed by atoms with Crippen molar-refractivity contribution in [3.8, 4) is 17.2 Å². The molecule has 3 heterocycles. The lowest BCUT2D eigenvalue weighted by molar-refractivity contribution is 0.318. The highest BCUT2D eigenvalue weighted by molar-refractivity contribution is 6.33. The predicted molar refractivity (Wildman–Crippen MR) is 105 cm³/mol. The quantitative estimate of drug-likeness (QED) is 0.322. The van der Waals surface area contributed by atoms with Crippen LogP contribution in [0, 0.1) is 5.41 Å². The number of nitrogens with two attached hydrogens (primary N) is 2. The van der Waals surface area contributed by atoms with Crippen molar-refractivity contribution < 1.29 is 14.2 Å². The third-order valence-corrected chi connectivity index (χ3v) is 3.68. The molecule has 0 bridgehead atoms. The maximum Gasteiger partial charge on any atom is 0.223 e. The van der Waals surface area contributed by atoms with E-state index in [4.69, 9.17) is 42.7 Å². The van der Waals surface area contributed by atoms with Gasteiger partial charge in [0.2, 0.25) is 11.7 Å². The summed E-state index contributed by atoms with van der Waals surface area (Å²) in [5, 5.41) is 6.48. The van der Waals surface area contributed by atoms with Crippen LogP contribution in [0.25, 0.3) is 11.2 Å². The molecule has 0 fully saturated rings. The number of rotatable bonds is 5. The number of nitrogens with one attached hydrogen (secondary N) is 1. The molecule has 0 radical (unpaired) electrons. The fourth-order valence-corrected chi connectivity index (χ4v) is 2.58. The molecule has 3 aromatic heterocycles. The lowest BCUT2D eigenvalue weighted by atomic mass is 10.2. The molecule has 0 amide bonds. The summed E-state index contributed by atoms with van der Waals surface area (Å²) in [6.07, 6.45) is 3.15. The van der Waals surface area contributed by atoms with Gasteiger partial charge in [0.15, 0.2) is 22.3 Å². The van der Waals surface area contributed by atoms with Gasteiger partial charge in [0.1, 0.15) is 11.2 Å². The second kappa shape index (κ2) is 9.04. The Hall–Kier alpha value is -3.34. The van der Waals surface area contributed by atoms with E-state index in [1.165, 1.54) is 28.3 Å². The summed E-state index contributed by atoms with van der Waals surface area (Å²) in [5.41, 5.74) is 11.9. The lowest BCUT2D eigenvalue weighted by Gasteiger charge is -2.15. The molecule has 11 nitrogen and oxygen atoms in total. The first kappa shape index (κ1) is 21.0. The topological polar surface area (TPSA) is 160 Å². The van der Waals surface area contributed by atoms with Gasteiger partial charge in [0.05, 0.1) is 46.2 Å². The van der Waals surface area contributed by atoms with Crippen molar-refractivity contribution in [1.29, 1.82) is 5.41 Å². The van der Waals surface area contributed by atoms with Crippen molar-refractivity contribution in [3.63, 3.8) is 0 Å². The Kier molecular flexibility index (Phi) is 6.77. The Morgan fingerprint density at radius 2 is 1.79 bits per heavy atom. The molecule has 0 aliphatic carbocycles. The van der Waals surface area contributed by atoms with Crippen LogP contribution >= 0.6 is 11.6 Å². The number of ether oxygens (including phenoxy) is 3. The van der Waals surface area contributed by atoms with Crippen molar-refractivity contribution in [2.24, 2.45) is 5.73 Å². The van der Waals surface area contributed by atoms with Crippen LogP contribution in [-0.2, 0) is 6.54 Å². The van der Waals surface area contributed by atoms with Crippen LogP contribution in [0.5, 0.6) is 17.2 Å². The van der Waals surface area contributed by atoms with Crippen LogP contribution in [0.2, 0.25) is 5.15 Å². The molecule has 0 aliphatic heterocycles. The van der Waals surface area contributed by atoms with Crippen LogP contribution in [0.15, 0.2) is 12.5 Å². The van der Waals surface area contributed by atoms with Gasteiger partial charge in [-0.05, 0) is 6.92 Å². The maximum atomic E-state index is 6.28. The fraction of sp³-hybridized carbons (Fsp3) is 0.312. The number of hydrogen-bond acceptors (Lipinski definition) is 9. The van der Waals surface area contributed by atoms with Crippen molar-refractivity contribution in [1.82, 2.24) is 24.5 Å². The molecule has 0 saturated heterocycles. The van der Waals surface area contributed by atoms with Crippen LogP contribution < -0.4 is 25.7 Å². The van der Waals surface area contributed by atoms with E-state index in [0.717, 1.165) is 0 Å². The Labute approximate surface area is 166 Å². The third-order valence-electron chi connectivity index (χ3n) is 3.42. The normalized spacial score (nSPS) is 10.2. The molecule has 0 unspecified atom stereocenters. The van der Waals surface area contributed by atoms with Gasteiger partial charge in [0, 0.05) is 0 Å². The largest absolute Gasteiger partial charge is 0.491 e. The number of pyridine rings is 1. The summed E-state index contributed by atoms with van der Waals surface area (Å²) >= 11 is 6.04. The molecule has 0 spiro atoms. The van der Waals surface area contributed by atoms with Gasteiger partial charge in [-0.3, -0.25) is 10.4 Å². The zero-order valence-corrected chi connectivity index (χ0v) is 16.6. The average Bonchev–Trinajstić information content (AvgIpc) is 3.03. The standard InChI is InChI=1S/C14H15ClN6O3.C2H6N2/c1-22-8-4-17-7(10(23-2)11(8)24-3)5-21-6-18-9-12(15)19-14(16)20-13(9)21;1-2(3)4/h4,6H,5H2,1-3H3,(H2,16,19,20);1H3,(H3,3,4). The molecular formula is C16H21ClN8O3. The highest BCUT2D eigenvalue weighted by Crippen LogP contribution is 2.38. The molecule has 150 valence electrons. The summed E-state index contributed by atoms with van der Waals surface area (Å²) < 4.78 is 17.8. The molecule has 12 heteroatoms. The summed E-state index contributed by atoms with van der Waals surface area (Å²) in [6, 6.07) is 0. The molecule has 0 aliphatic rings. The SMILES string of the molecule is CC(=N)N.COc1cnc(Cn2cnc3c(Cl)nc(N)nc32)c(OC)c1OC. The van der Waals surface area contributed by atoms with Gasteiger partial charge in [-0.15, -0.1) is 0 Å². The number of methoxy groups -OCH3 is 3. The maximum absolute atomic E-state index is 6.28. The summed E-state index contributed by atoms with van der Waals surface area (Å²) in [4.78, 5) is 16.7. The van der Waals surface area contributed by atoms with Crippen LogP contribution in [-0.4, -0.2) is 51.7 Å². The van der Waals surface area contributed by atoms with Gasteiger partial charge in [0.25, 0.3) is 0 Å². The number of fused-ring (bicyclic) bond motifs is 1. The van der Waals surface area contributed by atoms with Crippen molar-refractivity contribution >= 4 is 34.5 Å². The molecule has 5 N–H and O–H groups in total. The fourth-order valence-electron chi connectivity index (χ4n) is 2.36. The van der Waals surface area contributed by atoms with Crippen LogP contribution in [0.4, 0.5) is 5.95 Å². The zero-order chi connectivity index (χ0) is 20.8. The van der Waals surface area contributed by atoms with Gasteiger partial charge in [-0.2, -0.15) is 9.97 Å². The molecule has 0 saturated carbocycles. The van der Waals surface area contributed by atoms with Crippen LogP contribution in [0.3, 0.4) is 0 Å². The number of nitrogens with zero attached hydrogens (tertiary/aromatic N) is 5. The van der Waals surface area contributed by atoms with E-state index in [2.05, 4.69) is 19.9 Å². The number of anilines is 1. The molecule has 28 heavy (non-hydrogen) atoms. The van der Waals surface area contributed by atoms with E-state index < -0.39 is 0 Å². The minimum Gasteiger partial charge on any atom is -0.491 e. The van der Waals surface area contributed by atoms with Crippen molar-refractivity contribution in [2.75, 3.05) is 27.1 Å². The Morgan fingerprint density at radius 3 is 2.36 bits per heavy atom. The van der Waals surface area contributed by atoms with E-state index in [1.807, 2.05) is 0 Å². The van der Waals surface area contributed by atoms with Crippen molar-refractivity contribution in [3.05, 3.63) is 23.4 Å². The predicted octanol–water partition coefficient (Wildman–Crippen LogP) is 1.47. The van der Waals surface area contributed by atoms with Gasteiger partial charge >= 0.3 is 0 Å². The zero-order valence-electron chi connectivity index (χ0n) is 15.9. The summed E-state index contributed by atoms with van der Waals surface area (Å²) in [6.45, 7) is 1.85.